The summed E-state index contributed by atoms with van der Waals surface area (Å²) < 4.78 is 6.17. The highest BCUT2D eigenvalue weighted by Gasteiger charge is 2.33. The maximum Gasteiger partial charge on any atom is 0.254 e. The van der Waals surface area contributed by atoms with Crippen LogP contribution in [0.2, 0.25) is 0 Å². The lowest BCUT2D eigenvalue weighted by Gasteiger charge is -2.37. The van der Waals surface area contributed by atoms with Crippen molar-refractivity contribution < 1.29 is 14.3 Å². The third-order valence-corrected chi connectivity index (χ3v) is 7.35. The zero-order chi connectivity index (χ0) is 24.8. The van der Waals surface area contributed by atoms with Crippen LogP contribution in [-0.4, -0.2) is 47.9 Å². The van der Waals surface area contributed by atoms with E-state index in [9.17, 15) is 9.59 Å². The van der Waals surface area contributed by atoms with Crippen LogP contribution in [0, 0.1) is 0 Å². The van der Waals surface area contributed by atoms with Gasteiger partial charge in [0, 0.05) is 23.5 Å². The molecule has 0 unspecified atom stereocenters. The summed E-state index contributed by atoms with van der Waals surface area (Å²) >= 11 is 1.72. The van der Waals surface area contributed by atoms with Crippen LogP contribution in [0.5, 0.6) is 5.75 Å². The van der Waals surface area contributed by atoms with E-state index in [4.69, 9.17) is 4.74 Å². The summed E-state index contributed by atoms with van der Waals surface area (Å²) in [6.07, 6.45) is 2.47. The molecule has 0 aliphatic carbocycles. The van der Waals surface area contributed by atoms with Gasteiger partial charge < -0.3 is 14.5 Å². The molecule has 1 atom stereocenters. The Morgan fingerprint density at radius 3 is 2.57 bits per heavy atom. The monoisotopic (exact) mass is 488 g/mol. The first-order valence-electron chi connectivity index (χ1n) is 12.0. The van der Waals surface area contributed by atoms with Gasteiger partial charge in [0.05, 0.1) is 6.04 Å². The van der Waals surface area contributed by atoms with Gasteiger partial charge in [0.1, 0.15) is 18.9 Å². The molecule has 0 bridgehead atoms. The molecule has 182 valence electrons. The molecule has 2 heterocycles. The smallest absolute Gasteiger partial charge is 0.254 e. The van der Waals surface area contributed by atoms with Crippen LogP contribution in [0.25, 0.3) is 0 Å². The Balaban J connectivity index is 1.50. The number of benzene rings is 2. The minimum Gasteiger partial charge on any atom is -0.491 e. The molecule has 5 nitrogen and oxygen atoms in total. The molecule has 1 aliphatic rings. The second kappa shape index (κ2) is 11.4. The van der Waals surface area contributed by atoms with E-state index in [-0.39, 0.29) is 24.4 Å². The van der Waals surface area contributed by atoms with Crippen molar-refractivity contribution in [2.45, 2.75) is 32.2 Å². The summed E-state index contributed by atoms with van der Waals surface area (Å²) in [6.45, 7) is 9.38. The number of nitrogens with zero attached hydrogens (tertiary/aromatic N) is 2. The van der Waals surface area contributed by atoms with E-state index in [2.05, 4.69) is 44.0 Å². The second-order valence-corrected chi connectivity index (χ2v) is 10.0. The van der Waals surface area contributed by atoms with E-state index in [1.807, 2.05) is 35.2 Å². The molecule has 6 heteroatoms. The molecule has 1 aromatic heterocycles. The molecule has 2 aromatic carbocycles. The molecule has 1 aliphatic heterocycles. The number of ether oxygens (including phenoxy) is 1. The van der Waals surface area contributed by atoms with Gasteiger partial charge in [0.25, 0.3) is 5.91 Å². The van der Waals surface area contributed by atoms with Crippen molar-refractivity contribution in [1.29, 1.82) is 0 Å². The molecule has 0 fully saturated rings. The maximum atomic E-state index is 13.5. The molecule has 3 aromatic rings. The first kappa shape index (κ1) is 24.7. The van der Waals surface area contributed by atoms with Crippen molar-refractivity contribution >= 4 is 23.2 Å². The maximum absolute atomic E-state index is 13.5. The molecule has 0 saturated carbocycles. The lowest BCUT2D eigenvalue weighted by atomic mass is 10.00. The van der Waals surface area contributed by atoms with Crippen molar-refractivity contribution in [2.75, 3.05) is 26.2 Å². The van der Waals surface area contributed by atoms with E-state index < -0.39 is 0 Å². The van der Waals surface area contributed by atoms with Gasteiger partial charge in [-0.2, -0.15) is 0 Å². The highest BCUT2D eigenvalue weighted by molar-refractivity contribution is 7.10. The third-order valence-electron chi connectivity index (χ3n) is 6.35. The van der Waals surface area contributed by atoms with E-state index >= 15 is 0 Å². The molecule has 0 spiro atoms. The lowest BCUT2D eigenvalue weighted by Crippen LogP contribution is -2.47. The molecule has 0 N–H and O–H groups in total. The molecular formula is C29H32N2O3S. The first-order chi connectivity index (χ1) is 17.0. The average Bonchev–Trinajstić information content (AvgIpc) is 3.36. The van der Waals surface area contributed by atoms with Crippen LogP contribution in [0.3, 0.4) is 0 Å². The minimum atomic E-state index is -0.195. The van der Waals surface area contributed by atoms with Crippen LogP contribution in [0.4, 0.5) is 0 Å². The van der Waals surface area contributed by atoms with Crippen molar-refractivity contribution in [3.63, 3.8) is 0 Å². The fourth-order valence-electron chi connectivity index (χ4n) is 4.39. The topological polar surface area (TPSA) is 49.9 Å². The van der Waals surface area contributed by atoms with Gasteiger partial charge in [-0.25, -0.2) is 0 Å². The third kappa shape index (κ3) is 5.82. The highest BCUT2D eigenvalue weighted by atomic mass is 32.1. The van der Waals surface area contributed by atoms with Gasteiger partial charge in [0.15, 0.2) is 0 Å². The Kier molecular flexibility index (Phi) is 8.03. The number of fused-ring (bicyclic) bond motifs is 1. The fraction of sp³-hybridized carbons (Fsp3) is 0.310. The van der Waals surface area contributed by atoms with Crippen molar-refractivity contribution in [2.24, 2.45) is 0 Å². The zero-order valence-electron chi connectivity index (χ0n) is 20.4. The summed E-state index contributed by atoms with van der Waals surface area (Å²) in [5.74, 6) is 0.986. The van der Waals surface area contributed by atoms with Gasteiger partial charge in [0.2, 0.25) is 5.91 Å². The average molecular weight is 489 g/mol. The van der Waals surface area contributed by atoms with Gasteiger partial charge >= 0.3 is 0 Å². The van der Waals surface area contributed by atoms with Crippen LogP contribution < -0.4 is 4.74 Å². The molecule has 4 rings (SSSR count). The minimum absolute atomic E-state index is 0.00119. The number of amides is 2. The standard InChI is InChI=1S/C29H32N2O3S/c1-4-16-30(29(33)23-8-6-5-7-9-23)19-28(32)31-17-14-27-25(15-18-35-27)26(31)20-34-24-12-10-22(11-13-24)21(2)3/h4-13,15,18,21,26H,1,14,16-17,19-20H2,2-3H3/t26-/m0/s1. The van der Waals surface area contributed by atoms with Crippen LogP contribution in [0.15, 0.2) is 78.7 Å². The van der Waals surface area contributed by atoms with Gasteiger partial charge in [-0.15, -0.1) is 17.9 Å². The zero-order valence-corrected chi connectivity index (χ0v) is 21.2. The molecule has 2 amide bonds. The highest BCUT2D eigenvalue weighted by Crippen LogP contribution is 2.34. The van der Waals surface area contributed by atoms with E-state index in [1.54, 1.807) is 34.4 Å². The quantitative estimate of drug-likeness (QED) is 0.363. The van der Waals surface area contributed by atoms with Gasteiger partial charge in [-0.1, -0.05) is 50.3 Å². The van der Waals surface area contributed by atoms with Crippen LogP contribution in [0.1, 0.15) is 52.2 Å². The largest absolute Gasteiger partial charge is 0.491 e. The Labute approximate surface area is 211 Å². The summed E-state index contributed by atoms with van der Waals surface area (Å²) in [6, 6.07) is 19.1. The molecule has 0 saturated heterocycles. The molecule has 0 radical (unpaired) electrons. The lowest BCUT2D eigenvalue weighted by molar-refractivity contribution is -0.135. The number of carbonyl (C=O) groups excluding carboxylic acids is 2. The van der Waals surface area contributed by atoms with Crippen molar-refractivity contribution in [1.82, 2.24) is 9.80 Å². The normalized spacial score (nSPS) is 14.9. The predicted molar refractivity (Wildman–Crippen MR) is 141 cm³/mol. The number of rotatable bonds is 9. The molecular weight excluding hydrogens is 456 g/mol. The van der Waals surface area contributed by atoms with Crippen LogP contribution >= 0.6 is 11.3 Å². The van der Waals surface area contributed by atoms with E-state index in [1.165, 1.54) is 10.4 Å². The predicted octanol–water partition coefficient (Wildman–Crippen LogP) is 5.70. The number of hydrogen-bond donors (Lipinski definition) is 0. The van der Waals surface area contributed by atoms with Crippen LogP contribution in [-0.2, 0) is 11.2 Å². The summed E-state index contributed by atoms with van der Waals surface area (Å²) in [4.78, 5) is 31.3. The Hall–Kier alpha value is -3.38. The van der Waals surface area contributed by atoms with Crippen molar-refractivity contribution in [3.8, 4) is 5.75 Å². The SMILES string of the molecule is C=CCN(CC(=O)N1CCc2sccc2[C@@H]1COc1ccc(C(C)C)cc1)C(=O)c1ccccc1. The summed E-state index contributed by atoms with van der Waals surface area (Å²) in [5, 5.41) is 2.08. The Morgan fingerprint density at radius 1 is 1.14 bits per heavy atom. The molecule has 35 heavy (non-hydrogen) atoms. The van der Waals surface area contributed by atoms with E-state index in [0.717, 1.165) is 17.7 Å². The summed E-state index contributed by atoms with van der Waals surface area (Å²) in [7, 11) is 0. The number of hydrogen-bond acceptors (Lipinski definition) is 4. The fourth-order valence-corrected chi connectivity index (χ4v) is 5.32. The number of thiophene rings is 1. The van der Waals surface area contributed by atoms with Gasteiger partial charge in [-0.05, 0) is 59.2 Å². The number of carbonyl (C=O) groups is 2. The Morgan fingerprint density at radius 2 is 1.89 bits per heavy atom. The van der Waals surface area contributed by atoms with Gasteiger partial charge in [-0.3, -0.25) is 9.59 Å². The Bertz CT molecular complexity index is 1150. The second-order valence-electron chi connectivity index (χ2n) is 9.03. The first-order valence-corrected chi connectivity index (χ1v) is 12.9. The van der Waals surface area contributed by atoms with E-state index in [0.29, 0.717) is 31.2 Å². The summed E-state index contributed by atoms with van der Waals surface area (Å²) in [5.41, 5.74) is 2.96. The van der Waals surface area contributed by atoms with Crippen molar-refractivity contribution in [3.05, 3.63) is 100 Å².